The molecule has 2 aliphatic heterocycles. The molecule has 3 aromatic rings. The van der Waals surface area contributed by atoms with Gasteiger partial charge in [0, 0.05) is 26.1 Å². The second-order valence-corrected chi connectivity index (χ2v) is 9.43. The molecule has 0 unspecified atom stereocenters. The van der Waals surface area contributed by atoms with Crippen molar-refractivity contribution in [1.82, 2.24) is 19.9 Å². The molecule has 2 fully saturated rings. The molecule has 2 aromatic heterocycles. The van der Waals surface area contributed by atoms with Crippen molar-refractivity contribution in [3.8, 4) is 0 Å². The number of aromatic nitrogens is 3. The summed E-state index contributed by atoms with van der Waals surface area (Å²) in [5, 5.41) is 4.01. The summed E-state index contributed by atoms with van der Waals surface area (Å²) in [6, 6.07) is 6.22. The van der Waals surface area contributed by atoms with Crippen molar-refractivity contribution in [1.29, 1.82) is 0 Å². The van der Waals surface area contributed by atoms with Gasteiger partial charge >= 0.3 is 6.18 Å². The summed E-state index contributed by atoms with van der Waals surface area (Å²) in [7, 11) is 0. The van der Waals surface area contributed by atoms with E-state index in [1.54, 1.807) is 26.1 Å². The Balaban J connectivity index is 1.47. The Morgan fingerprint density at radius 1 is 1.17 bits per heavy atom. The number of nitrogens with zero attached hydrogens (tertiary/aromatic N) is 5. The molecule has 5 rings (SSSR count). The van der Waals surface area contributed by atoms with Crippen LogP contribution in [-0.4, -0.2) is 50.9 Å². The fourth-order valence-corrected chi connectivity index (χ4v) is 5.46. The van der Waals surface area contributed by atoms with E-state index in [-0.39, 0.29) is 23.6 Å². The lowest BCUT2D eigenvalue weighted by Gasteiger charge is -2.35. The molecule has 2 aliphatic rings. The van der Waals surface area contributed by atoms with Crippen LogP contribution in [0.15, 0.2) is 30.5 Å². The molecule has 0 radical (unpaired) electrons. The van der Waals surface area contributed by atoms with E-state index in [9.17, 15) is 18.0 Å². The maximum atomic E-state index is 13.4. The van der Waals surface area contributed by atoms with Crippen molar-refractivity contribution >= 4 is 28.4 Å². The Hall–Kier alpha value is -3.43. The number of fused-ring (bicyclic) bond motifs is 3. The van der Waals surface area contributed by atoms with E-state index >= 15 is 0 Å². The number of hydrogen-bond acceptors (Lipinski definition) is 6. The molecule has 1 N–H and O–H groups in total. The largest absolute Gasteiger partial charge is 0.416 e. The number of aryl methyl sites for hydroxylation is 1. The topological polar surface area (TPSA) is 74.2 Å². The fourth-order valence-electron chi connectivity index (χ4n) is 5.46. The molecule has 3 atom stereocenters. The van der Waals surface area contributed by atoms with Gasteiger partial charge in [0.2, 0.25) is 5.91 Å². The van der Waals surface area contributed by atoms with Crippen molar-refractivity contribution < 1.29 is 18.0 Å². The fraction of sp³-hybridized carbons (Fsp3) is 0.440. The standard InChI is InChI=1S/C25H27F3N6O/c1-13-20(6-5-7-22(13)25(26,27)28)14(2)30-24-21-9-17(10-29-23(21)31-15(3)32-24)34-12-18-8-19(34)11-33(18)16(4)35/h5-7,9-10,14,18-19H,8,11-12H2,1-4H3,(H,29,30,31,32)/t14-,18+,19+/m1/s1. The Morgan fingerprint density at radius 3 is 2.60 bits per heavy atom. The van der Waals surface area contributed by atoms with Crippen molar-refractivity contribution in [3.05, 3.63) is 53.0 Å². The third-order valence-corrected chi connectivity index (χ3v) is 7.13. The Kier molecular flexibility index (Phi) is 5.56. The summed E-state index contributed by atoms with van der Waals surface area (Å²) in [5.41, 5.74) is 1.55. The minimum Gasteiger partial charge on any atom is -0.363 e. The molecule has 1 amide bonds. The molecule has 0 spiro atoms. The molecule has 2 bridgehead atoms. The molecule has 184 valence electrons. The van der Waals surface area contributed by atoms with Gasteiger partial charge in [-0.25, -0.2) is 15.0 Å². The molecule has 10 heteroatoms. The smallest absolute Gasteiger partial charge is 0.363 e. The second kappa shape index (κ2) is 8.35. The molecular formula is C25H27F3N6O. The van der Waals surface area contributed by atoms with Gasteiger partial charge in [-0.05, 0) is 50.5 Å². The lowest BCUT2D eigenvalue weighted by atomic mass is 9.97. The van der Waals surface area contributed by atoms with E-state index in [4.69, 9.17) is 0 Å². The van der Waals surface area contributed by atoms with E-state index in [0.29, 0.717) is 34.8 Å². The van der Waals surface area contributed by atoms with E-state index in [1.165, 1.54) is 13.0 Å². The average Bonchev–Trinajstić information content (AvgIpc) is 3.39. The van der Waals surface area contributed by atoms with Gasteiger partial charge in [-0.1, -0.05) is 12.1 Å². The number of carbonyl (C=O) groups is 1. The highest BCUT2D eigenvalue weighted by Crippen LogP contribution is 2.37. The Bertz CT molecular complexity index is 1310. The van der Waals surface area contributed by atoms with Gasteiger partial charge in [0.25, 0.3) is 0 Å². The Morgan fingerprint density at radius 2 is 1.94 bits per heavy atom. The lowest BCUT2D eigenvalue weighted by Crippen LogP contribution is -2.48. The highest BCUT2D eigenvalue weighted by atomic mass is 19.4. The predicted octanol–water partition coefficient (Wildman–Crippen LogP) is 4.64. The molecule has 0 saturated carbocycles. The maximum Gasteiger partial charge on any atom is 0.416 e. The van der Waals surface area contributed by atoms with Crippen LogP contribution in [0, 0.1) is 13.8 Å². The maximum absolute atomic E-state index is 13.4. The van der Waals surface area contributed by atoms with E-state index in [0.717, 1.165) is 24.7 Å². The predicted molar refractivity (Wildman–Crippen MR) is 127 cm³/mol. The number of rotatable bonds is 4. The molecular weight excluding hydrogens is 457 g/mol. The first-order chi connectivity index (χ1) is 16.5. The number of amides is 1. The van der Waals surface area contributed by atoms with Crippen LogP contribution >= 0.6 is 0 Å². The summed E-state index contributed by atoms with van der Waals surface area (Å²) < 4.78 is 40.3. The number of benzene rings is 1. The van der Waals surface area contributed by atoms with Crippen molar-refractivity contribution in [2.75, 3.05) is 23.3 Å². The number of halogens is 3. The van der Waals surface area contributed by atoms with Gasteiger partial charge in [0.15, 0.2) is 5.65 Å². The molecule has 0 aliphatic carbocycles. The summed E-state index contributed by atoms with van der Waals surface area (Å²) >= 11 is 0. The summed E-state index contributed by atoms with van der Waals surface area (Å²) in [5.74, 6) is 1.15. The average molecular weight is 485 g/mol. The molecule has 2 saturated heterocycles. The van der Waals surface area contributed by atoms with Gasteiger partial charge in [-0.15, -0.1) is 0 Å². The van der Waals surface area contributed by atoms with Crippen LogP contribution in [0.2, 0.25) is 0 Å². The van der Waals surface area contributed by atoms with E-state index in [1.807, 2.05) is 17.9 Å². The van der Waals surface area contributed by atoms with E-state index in [2.05, 4.69) is 25.2 Å². The number of hydrogen-bond donors (Lipinski definition) is 1. The number of anilines is 2. The first-order valence-electron chi connectivity index (χ1n) is 11.6. The number of likely N-dealkylation sites (tertiary alicyclic amines) is 1. The van der Waals surface area contributed by atoms with Gasteiger partial charge in [0.1, 0.15) is 11.6 Å². The van der Waals surface area contributed by atoms with Crippen molar-refractivity contribution in [2.24, 2.45) is 0 Å². The zero-order valence-electron chi connectivity index (χ0n) is 20.0. The number of nitrogens with one attached hydrogen (secondary N) is 1. The van der Waals surface area contributed by atoms with Crippen LogP contribution in [0.5, 0.6) is 0 Å². The number of carbonyl (C=O) groups excluding carboxylic acids is 1. The van der Waals surface area contributed by atoms with Crippen molar-refractivity contribution in [2.45, 2.75) is 58.4 Å². The highest BCUT2D eigenvalue weighted by molar-refractivity contribution is 5.89. The summed E-state index contributed by atoms with van der Waals surface area (Å²) in [4.78, 5) is 29.6. The number of alkyl halides is 3. The van der Waals surface area contributed by atoms with Gasteiger partial charge in [-0.3, -0.25) is 4.79 Å². The molecule has 35 heavy (non-hydrogen) atoms. The molecule has 4 heterocycles. The van der Waals surface area contributed by atoms with Gasteiger partial charge in [0.05, 0.1) is 34.9 Å². The first-order valence-corrected chi connectivity index (χ1v) is 11.6. The quantitative estimate of drug-likeness (QED) is 0.582. The Labute approximate surface area is 201 Å². The normalized spacial score (nSPS) is 20.5. The number of piperazine rings is 1. The second-order valence-electron chi connectivity index (χ2n) is 9.43. The highest BCUT2D eigenvalue weighted by Gasteiger charge is 2.44. The summed E-state index contributed by atoms with van der Waals surface area (Å²) in [6.07, 6.45) is -1.69. The monoisotopic (exact) mass is 484 g/mol. The first kappa shape index (κ1) is 23.3. The molecule has 7 nitrogen and oxygen atoms in total. The van der Waals surface area contributed by atoms with Crippen molar-refractivity contribution in [3.63, 3.8) is 0 Å². The van der Waals surface area contributed by atoms with Crippen LogP contribution in [0.4, 0.5) is 24.7 Å². The van der Waals surface area contributed by atoms with Crippen LogP contribution in [0.1, 0.15) is 48.8 Å². The van der Waals surface area contributed by atoms with E-state index < -0.39 is 17.8 Å². The van der Waals surface area contributed by atoms with Gasteiger partial charge in [-0.2, -0.15) is 13.2 Å². The SMILES string of the molecule is CC(=O)N1C[C@@H]2C[C@H]1CN2c1cnc2nc(C)nc(N[C@H](C)c3cccc(C(F)(F)F)c3C)c2c1. The van der Waals surface area contributed by atoms with Crippen LogP contribution in [0.25, 0.3) is 11.0 Å². The van der Waals surface area contributed by atoms with Crippen LogP contribution < -0.4 is 10.2 Å². The van der Waals surface area contributed by atoms with Crippen LogP contribution in [0.3, 0.4) is 0 Å². The minimum atomic E-state index is -4.41. The van der Waals surface area contributed by atoms with Crippen LogP contribution in [-0.2, 0) is 11.0 Å². The number of pyridine rings is 1. The molecule has 1 aromatic carbocycles. The third kappa shape index (κ3) is 4.15. The third-order valence-electron chi connectivity index (χ3n) is 7.13. The zero-order valence-corrected chi connectivity index (χ0v) is 20.0. The van der Waals surface area contributed by atoms with Gasteiger partial charge < -0.3 is 15.1 Å². The zero-order chi connectivity index (χ0) is 25.1. The summed E-state index contributed by atoms with van der Waals surface area (Å²) in [6.45, 7) is 8.11. The minimum absolute atomic E-state index is 0.100. The lowest BCUT2D eigenvalue weighted by molar-refractivity contribution is -0.138.